The summed E-state index contributed by atoms with van der Waals surface area (Å²) in [6, 6.07) is 5.37. The second-order valence-electron chi connectivity index (χ2n) is 5.20. The van der Waals surface area contributed by atoms with Gasteiger partial charge in [-0.15, -0.1) is 0 Å². The van der Waals surface area contributed by atoms with Crippen molar-refractivity contribution in [3.63, 3.8) is 0 Å². The first-order valence-electron chi connectivity index (χ1n) is 6.79. The smallest absolute Gasteiger partial charge is 0.255 e. The van der Waals surface area contributed by atoms with E-state index in [1.54, 1.807) is 30.2 Å². The van der Waals surface area contributed by atoms with Gasteiger partial charge in [0.25, 0.3) is 5.91 Å². The fourth-order valence-electron chi connectivity index (χ4n) is 2.24. The number of carbonyl (C=O) groups is 1. The normalized spacial score (nSPS) is 18.1. The van der Waals surface area contributed by atoms with E-state index in [0.717, 1.165) is 13.0 Å². The maximum atomic E-state index is 12.4. The molecule has 1 atom stereocenters. The number of likely N-dealkylation sites (tertiary alicyclic amines) is 1. The number of carbonyl (C=O) groups excluding carboxylic acids is 1. The fourth-order valence-corrected chi connectivity index (χ4v) is 2.49. The Morgan fingerprint density at radius 3 is 2.75 bits per heavy atom. The zero-order valence-corrected chi connectivity index (χ0v) is 12.8. The van der Waals surface area contributed by atoms with Gasteiger partial charge in [0, 0.05) is 13.7 Å². The summed E-state index contributed by atoms with van der Waals surface area (Å²) in [5.41, 5.74) is 0.517. The number of amides is 1. The molecule has 0 bridgehead atoms. The number of hydrogen-bond acceptors (Lipinski definition) is 3. The van der Waals surface area contributed by atoms with E-state index < -0.39 is 0 Å². The number of hydrogen-bond donors (Lipinski definition) is 0. The van der Waals surface area contributed by atoms with Gasteiger partial charge in [-0.3, -0.25) is 4.79 Å². The van der Waals surface area contributed by atoms with Crippen LogP contribution in [0.2, 0.25) is 5.02 Å². The van der Waals surface area contributed by atoms with E-state index in [4.69, 9.17) is 21.1 Å². The fraction of sp³-hybridized carbons (Fsp3) is 0.533. The minimum absolute atomic E-state index is 0.0422. The molecule has 2 rings (SSSR count). The van der Waals surface area contributed by atoms with Crippen LogP contribution in [0.1, 0.15) is 30.6 Å². The Kier molecular flexibility index (Phi) is 4.89. The molecule has 1 fully saturated rings. The van der Waals surface area contributed by atoms with Crippen molar-refractivity contribution in [3.8, 4) is 5.75 Å². The zero-order valence-electron chi connectivity index (χ0n) is 12.1. The molecule has 1 aliphatic rings. The van der Waals surface area contributed by atoms with Crippen molar-refractivity contribution >= 4 is 17.5 Å². The second kappa shape index (κ2) is 6.46. The monoisotopic (exact) mass is 297 g/mol. The maximum Gasteiger partial charge on any atom is 0.255 e. The van der Waals surface area contributed by atoms with Gasteiger partial charge in [0.05, 0.1) is 29.3 Å². The lowest BCUT2D eigenvalue weighted by molar-refractivity contribution is 0.0202. The summed E-state index contributed by atoms with van der Waals surface area (Å²) in [5, 5.41) is 0.427. The number of halogens is 1. The van der Waals surface area contributed by atoms with Gasteiger partial charge < -0.3 is 14.4 Å². The summed E-state index contributed by atoms with van der Waals surface area (Å²) in [4.78, 5) is 14.2. The summed E-state index contributed by atoms with van der Waals surface area (Å²) < 4.78 is 10.7. The molecular weight excluding hydrogens is 278 g/mol. The average molecular weight is 298 g/mol. The van der Waals surface area contributed by atoms with Crippen molar-refractivity contribution in [3.05, 3.63) is 28.8 Å². The Bertz CT molecular complexity index is 490. The first-order valence-corrected chi connectivity index (χ1v) is 7.17. The van der Waals surface area contributed by atoms with Crippen molar-refractivity contribution in [2.24, 2.45) is 0 Å². The van der Waals surface area contributed by atoms with Crippen LogP contribution in [-0.4, -0.2) is 43.2 Å². The second-order valence-corrected chi connectivity index (χ2v) is 5.61. The molecule has 1 aliphatic heterocycles. The zero-order chi connectivity index (χ0) is 14.7. The summed E-state index contributed by atoms with van der Waals surface area (Å²) in [5.74, 6) is 0.637. The Balaban J connectivity index is 2.10. The van der Waals surface area contributed by atoms with Crippen LogP contribution in [0.4, 0.5) is 0 Å². The van der Waals surface area contributed by atoms with Gasteiger partial charge >= 0.3 is 0 Å². The number of ether oxygens (including phenoxy) is 2. The first-order chi connectivity index (χ1) is 9.52. The number of benzene rings is 1. The highest BCUT2D eigenvalue weighted by molar-refractivity contribution is 6.34. The Hall–Kier alpha value is -1.26. The lowest BCUT2D eigenvalue weighted by atomic mass is 10.0. The molecule has 1 amide bonds. The van der Waals surface area contributed by atoms with Crippen LogP contribution in [0.5, 0.6) is 5.75 Å². The third-order valence-corrected chi connectivity index (χ3v) is 3.62. The molecule has 0 spiro atoms. The van der Waals surface area contributed by atoms with Crippen molar-refractivity contribution < 1.29 is 14.3 Å². The third-order valence-electron chi connectivity index (χ3n) is 3.31. The topological polar surface area (TPSA) is 38.8 Å². The lowest BCUT2D eigenvalue weighted by Gasteiger charge is -2.40. The van der Waals surface area contributed by atoms with Gasteiger partial charge in [0.2, 0.25) is 0 Å². The minimum Gasteiger partial charge on any atom is -0.491 e. The number of nitrogens with zero attached hydrogens (tertiary/aromatic N) is 1. The van der Waals surface area contributed by atoms with Crippen molar-refractivity contribution in [1.29, 1.82) is 0 Å². The van der Waals surface area contributed by atoms with Crippen LogP contribution in [0.25, 0.3) is 0 Å². The van der Waals surface area contributed by atoms with Gasteiger partial charge in [0.1, 0.15) is 5.75 Å². The number of methoxy groups -OCH3 is 1. The van der Waals surface area contributed by atoms with Crippen molar-refractivity contribution in [1.82, 2.24) is 4.90 Å². The van der Waals surface area contributed by atoms with E-state index in [9.17, 15) is 4.79 Å². The van der Waals surface area contributed by atoms with Crippen LogP contribution in [0.15, 0.2) is 18.2 Å². The molecule has 1 aromatic rings. The SMILES string of the molecule is COCC1CCN1C(=O)c1ccc(OC(C)C)cc1Cl. The molecular formula is C15H20ClNO3. The third kappa shape index (κ3) is 3.25. The van der Waals surface area contributed by atoms with Crippen molar-refractivity contribution in [2.75, 3.05) is 20.3 Å². The molecule has 4 nitrogen and oxygen atoms in total. The van der Waals surface area contributed by atoms with Crippen LogP contribution in [0.3, 0.4) is 0 Å². The molecule has 1 unspecified atom stereocenters. The molecule has 0 radical (unpaired) electrons. The minimum atomic E-state index is -0.0422. The van der Waals surface area contributed by atoms with E-state index >= 15 is 0 Å². The Morgan fingerprint density at radius 1 is 1.50 bits per heavy atom. The van der Waals surface area contributed by atoms with Gasteiger partial charge in [-0.05, 0) is 38.5 Å². The number of rotatable bonds is 5. The highest BCUT2D eigenvalue weighted by Crippen LogP contribution is 2.27. The van der Waals surface area contributed by atoms with E-state index in [-0.39, 0.29) is 18.1 Å². The van der Waals surface area contributed by atoms with Crippen molar-refractivity contribution in [2.45, 2.75) is 32.4 Å². The molecule has 1 saturated heterocycles. The highest BCUT2D eigenvalue weighted by atomic mass is 35.5. The highest BCUT2D eigenvalue weighted by Gasteiger charge is 2.33. The Labute approximate surface area is 124 Å². The predicted molar refractivity (Wildman–Crippen MR) is 78.5 cm³/mol. The quantitative estimate of drug-likeness (QED) is 0.838. The van der Waals surface area contributed by atoms with Crippen LogP contribution in [0, 0.1) is 0 Å². The van der Waals surface area contributed by atoms with Gasteiger partial charge in [-0.2, -0.15) is 0 Å². The lowest BCUT2D eigenvalue weighted by Crippen LogP contribution is -2.53. The molecule has 5 heteroatoms. The molecule has 1 aromatic carbocycles. The molecule has 0 N–H and O–H groups in total. The van der Waals surface area contributed by atoms with Gasteiger partial charge in [0.15, 0.2) is 0 Å². The Morgan fingerprint density at radius 2 is 2.25 bits per heavy atom. The summed E-state index contributed by atoms with van der Waals surface area (Å²) >= 11 is 6.20. The van der Waals surface area contributed by atoms with E-state index in [1.165, 1.54) is 0 Å². The molecule has 1 heterocycles. The van der Waals surface area contributed by atoms with Crippen LogP contribution in [-0.2, 0) is 4.74 Å². The van der Waals surface area contributed by atoms with Gasteiger partial charge in [-0.1, -0.05) is 11.6 Å². The molecule has 0 saturated carbocycles. The van der Waals surface area contributed by atoms with E-state index in [0.29, 0.717) is 22.9 Å². The maximum absolute atomic E-state index is 12.4. The van der Waals surface area contributed by atoms with Crippen LogP contribution < -0.4 is 4.74 Å². The predicted octanol–water partition coefficient (Wildman–Crippen LogP) is 2.99. The summed E-state index contributed by atoms with van der Waals surface area (Å²) in [6.45, 7) is 5.22. The summed E-state index contributed by atoms with van der Waals surface area (Å²) in [6.07, 6.45) is 1.06. The van der Waals surface area contributed by atoms with Crippen LogP contribution >= 0.6 is 11.6 Å². The molecule has 0 aliphatic carbocycles. The molecule has 0 aromatic heterocycles. The largest absolute Gasteiger partial charge is 0.491 e. The molecule has 110 valence electrons. The molecule has 20 heavy (non-hydrogen) atoms. The van der Waals surface area contributed by atoms with E-state index in [2.05, 4.69) is 0 Å². The average Bonchev–Trinajstić information content (AvgIpc) is 2.33. The summed E-state index contributed by atoms with van der Waals surface area (Å²) in [7, 11) is 1.64. The van der Waals surface area contributed by atoms with E-state index in [1.807, 2.05) is 13.8 Å². The van der Waals surface area contributed by atoms with Gasteiger partial charge in [-0.25, -0.2) is 0 Å². The standard InChI is InChI=1S/C15H20ClNO3/c1-10(2)20-12-4-5-13(14(16)8-12)15(18)17-7-6-11(17)9-19-3/h4-5,8,10-11H,6-7,9H2,1-3H3. The first kappa shape index (κ1) is 15.1.